The summed E-state index contributed by atoms with van der Waals surface area (Å²) in [4.78, 5) is 17.8. The van der Waals surface area contributed by atoms with Gasteiger partial charge in [-0.3, -0.25) is 4.79 Å². The van der Waals surface area contributed by atoms with Gasteiger partial charge in [0.15, 0.2) is 5.76 Å². The van der Waals surface area contributed by atoms with Crippen LogP contribution in [-0.2, 0) is 0 Å². The minimum atomic E-state index is -0.0383. The van der Waals surface area contributed by atoms with Crippen molar-refractivity contribution in [3.63, 3.8) is 0 Å². The second kappa shape index (κ2) is 9.47. The van der Waals surface area contributed by atoms with Gasteiger partial charge in [0.05, 0.1) is 18.0 Å². The van der Waals surface area contributed by atoms with E-state index in [-0.39, 0.29) is 5.91 Å². The summed E-state index contributed by atoms with van der Waals surface area (Å²) in [5.74, 6) is 2.30. The molecule has 0 unspecified atom stereocenters. The Morgan fingerprint density at radius 3 is 2.41 bits per heavy atom. The largest absolute Gasteiger partial charge is 0.492 e. The fourth-order valence-electron chi connectivity index (χ4n) is 4.30. The number of hydrogen-bond acceptors (Lipinski definition) is 5. The number of carbonyl (C=O) groups is 1. The van der Waals surface area contributed by atoms with E-state index >= 15 is 0 Å². The lowest BCUT2D eigenvalue weighted by Gasteiger charge is -2.36. The van der Waals surface area contributed by atoms with Gasteiger partial charge in [0, 0.05) is 32.2 Å². The number of carbonyl (C=O) groups excluding carboxylic acids is 1. The Morgan fingerprint density at radius 2 is 1.71 bits per heavy atom. The van der Waals surface area contributed by atoms with Crippen molar-refractivity contribution in [2.45, 2.75) is 13.8 Å². The average molecular weight is 457 g/mol. The smallest absolute Gasteiger partial charge is 0.272 e. The van der Waals surface area contributed by atoms with Gasteiger partial charge in [0.1, 0.15) is 22.9 Å². The van der Waals surface area contributed by atoms with Crippen LogP contribution in [0.3, 0.4) is 0 Å². The summed E-state index contributed by atoms with van der Waals surface area (Å²) in [6.45, 7) is 7.22. The van der Waals surface area contributed by atoms with E-state index in [9.17, 15) is 4.79 Å². The van der Waals surface area contributed by atoms with E-state index in [1.54, 1.807) is 4.68 Å². The van der Waals surface area contributed by atoms with Crippen LogP contribution in [-0.4, -0.2) is 53.4 Å². The predicted molar refractivity (Wildman–Crippen MR) is 132 cm³/mol. The first-order chi connectivity index (χ1) is 16.6. The Balaban J connectivity index is 1.39. The second-order valence-corrected chi connectivity index (χ2v) is 8.25. The Hall–Kier alpha value is -4.00. The normalized spacial score (nSPS) is 13.8. The number of aromatic nitrogens is 2. The maximum atomic E-state index is 13.6. The highest BCUT2D eigenvalue weighted by Gasteiger charge is 2.27. The maximum absolute atomic E-state index is 13.6. The van der Waals surface area contributed by atoms with E-state index in [1.807, 2.05) is 85.5 Å². The molecule has 0 aliphatic carbocycles. The monoisotopic (exact) mass is 456 g/mol. The van der Waals surface area contributed by atoms with Gasteiger partial charge in [-0.1, -0.05) is 30.3 Å². The zero-order valence-corrected chi connectivity index (χ0v) is 19.5. The molecule has 1 aliphatic heterocycles. The van der Waals surface area contributed by atoms with Gasteiger partial charge in [-0.25, -0.2) is 4.68 Å². The van der Waals surface area contributed by atoms with Gasteiger partial charge in [-0.2, -0.15) is 5.10 Å². The third kappa shape index (κ3) is 4.29. The van der Waals surface area contributed by atoms with Crippen molar-refractivity contribution >= 4 is 11.6 Å². The zero-order chi connectivity index (χ0) is 23.5. The third-order valence-electron chi connectivity index (χ3n) is 5.99. The van der Waals surface area contributed by atoms with Crippen LogP contribution in [0.5, 0.6) is 5.75 Å². The SMILES string of the molecule is CCOc1ccccc1N1CCN(C(=O)c2cc(-c3ccc(C)o3)nn2-c2ccccc2)CC1. The quantitative estimate of drug-likeness (QED) is 0.417. The topological polar surface area (TPSA) is 63.7 Å². The number of rotatable bonds is 6. The minimum Gasteiger partial charge on any atom is -0.492 e. The van der Waals surface area contributed by atoms with Crippen LogP contribution in [0.1, 0.15) is 23.2 Å². The molecule has 7 heteroatoms. The van der Waals surface area contributed by atoms with Crippen molar-refractivity contribution in [2.75, 3.05) is 37.7 Å². The van der Waals surface area contributed by atoms with Crippen molar-refractivity contribution < 1.29 is 13.9 Å². The summed E-state index contributed by atoms with van der Waals surface area (Å²) < 4.78 is 13.3. The van der Waals surface area contributed by atoms with Crippen LogP contribution in [0.25, 0.3) is 17.1 Å². The van der Waals surface area contributed by atoms with E-state index in [1.165, 1.54) is 0 Å². The Labute approximate surface area is 199 Å². The molecule has 174 valence electrons. The number of nitrogens with zero attached hydrogens (tertiary/aromatic N) is 4. The first-order valence-electron chi connectivity index (χ1n) is 11.6. The first kappa shape index (κ1) is 21.8. The molecule has 0 bridgehead atoms. The molecule has 5 rings (SSSR count). The number of piperazine rings is 1. The third-order valence-corrected chi connectivity index (χ3v) is 5.99. The molecule has 34 heavy (non-hydrogen) atoms. The number of benzene rings is 2. The Bertz CT molecular complexity index is 1270. The number of amides is 1. The standard InChI is InChI=1S/C27H28N4O3/c1-3-33-26-12-8-7-11-23(26)29-15-17-30(18-16-29)27(32)24-19-22(25-14-13-20(2)34-25)28-31(24)21-9-5-4-6-10-21/h4-14,19H,3,15-18H2,1-2H3. The van der Waals surface area contributed by atoms with Gasteiger partial charge in [0.25, 0.3) is 5.91 Å². The molecule has 4 aromatic rings. The lowest BCUT2D eigenvalue weighted by atomic mass is 10.2. The van der Waals surface area contributed by atoms with Gasteiger partial charge in [-0.05, 0) is 50.2 Å². The molecule has 2 aromatic heterocycles. The van der Waals surface area contributed by atoms with Gasteiger partial charge in [-0.15, -0.1) is 0 Å². The summed E-state index contributed by atoms with van der Waals surface area (Å²) in [6.07, 6.45) is 0. The molecule has 1 amide bonds. The molecular formula is C27H28N4O3. The highest BCUT2D eigenvalue weighted by molar-refractivity contribution is 5.94. The second-order valence-electron chi connectivity index (χ2n) is 8.25. The van der Waals surface area contributed by atoms with E-state index in [4.69, 9.17) is 14.3 Å². The summed E-state index contributed by atoms with van der Waals surface area (Å²) >= 11 is 0. The van der Waals surface area contributed by atoms with Crippen LogP contribution in [0, 0.1) is 6.92 Å². The van der Waals surface area contributed by atoms with Crippen LogP contribution < -0.4 is 9.64 Å². The Kier molecular flexibility index (Phi) is 6.08. The van der Waals surface area contributed by atoms with Crippen molar-refractivity contribution in [3.05, 3.63) is 84.3 Å². The van der Waals surface area contributed by atoms with E-state index in [0.717, 1.165) is 36.0 Å². The summed E-state index contributed by atoms with van der Waals surface area (Å²) in [5.41, 5.74) is 3.08. The molecule has 1 saturated heterocycles. The van der Waals surface area contributed by atoms with E-state index in [2.05, 4.69) is 11.0 Å². The number of aryl methyl sites for hydroxylation is 1. The number of furan rings is 1. The summed E-state index contributed by atoms with van der Waals surface area (Å²) in [7, 11) is 0. The molecule has 3 heterocycles. The van der Waals surface area contributed by atoms with Crippen LogP contribution in [0.15, 0.2) is 77.2 Å². The fraction of sp³-hybridized carbons (Fsp3) is 0.259. The zero-order valence-electron chi connectivity index (χ0n) is 19.5. The number of para-hydroxylation sites is 3. The van der Waals surface area contributed by atoms with Crippen LogP contribution in [0.2, 0.25) is 0 Å². The summed E-state index contributed by atoms with van der Waals surface area (Å²) in [5, 5.41) is 4.72. The molecule has 1 fully saturated rings. The molecular weight excluding hydrogens is 428 g/mol. The predicted octanol–water partition coefficient (Wildman–Crippen LogP) is 4.80. The van der Waals surface area contributed by atoms with Crippen LogP contribution in [0.4, 0.5) is 5.69 Å². The molecule has 0 saturated carbocycles. The Morgan fingerprint density at radius 1 is 0.971 bits per heavy atom. The number of hydrogen-bond donors (Lipinski definition) is 0. The van der Waals surface area contributed by atoms with Crippen molar-refractivity contribution in [3.8, 4) is 22.9 Å². The van der Waals surface area contributed by atoms with E-state index in [0.29, 0.717) is 36.8 Å². The van der Waals surface area contributed by atoms with Gasteiger partial charge < -0.3 is 19.0 Å². The fourth-order valence-corrected chi connectivity index (χ4v) is 4.30. The molecule has 2 aromatic carbocycles. The molecule has 0 spiro atoms. The molecule has 7 nitrogen and oxygen atoms in total. The van der Waals surface area contributed by atoms with Crippen LogP contribution >= 0.6 is 0 Å². The summed E-state index contributed by atoms with van der Waals surface area (Å²) in [6, 6.07) is 23.4. The maximum Gasteiger partial charge on any atom is 0.272 e. The highest BCUT2D eigenvalue weighted by atomic mass is 16.5. The molecule has 0 radical (unpaired) electrons. The average Bonchev–Trinajstić information content (AvgIpc) is 3.51. The molecule has 1 aliphatic rings. The lowest BCUT2D eigenvalue weighted by molar-refractivity contribution is 0.0737. The highest BCUT2D eigenvalue weighted by Crippen LogP contribution is 2.29. The van der Waals surface area contributed by atoms with E-state index < -0.39 is 0 Å². The first-order valence-corrected chi connectivity index (χ1v) is 11.6. The van der Waals surface area contributed by atoms with Crippen molar-refractivity contribution in [2.24, 2.45) is 0 Å². The van der Waals surface area contributed by atoms with Gasteiger partial charge >= 0.3 is 0 Å². The lowest BCUT2D eigenvalue weighted by Crippen LogP contribution is -2.49. The van der Waals surface area contributed by atoms with Crippen molar-refractivity contribution in [1.29, 1.82) is 0 Å². The van der Waals surface area contributed by atoms with Crippen molar-refractivity contribution in [1.82, 2.24) is 14.7 Å². The van der Waals surface area contributed by atoms with Gasteiger partial charge in [0.2, 0.25) is 0 Å². The minimum absolute atomic E-state index is 0.0383. The molecule has 0 N–H and O–H groups in total. The molecule has 0 atom stereocenters. The number of anilines is 1. The number of ether oxygens (including phenoxy) is 1.